The van der Waals surface area contributed by atoms with Gasteiger partial charge >= 0.3 is 0 Å². The summed E-state index contributed by atoms with van der Waals surface area (Å²) in [5.74, 6) is 0.561. The SMILES string of the molecule is CCOC(C#N)(CC)CC(C)CC. The van der Waals surface area contributed by atoms with E-state index in [1.807, 2.05) is 13.8 Å². The van der Waals surface area contributed by atoms with Gasteiger partial charge in [0.25, 0.3) is 0 Å². The monoisotopic (exact) mass is 183 g/mol. The highest BCUT2D eigenvalue weighted by Crippen LogP contribution is 2.25. The quantitative estimate of drug-likeness (QED) is 0.633. The van der Waals surface area contributed by atoms with Crippen molar-refractivity contribution in [1.82, 2.24) is 0 Å². The zero-order chi connectivity index (χ0) is 10.3. The standard InChI is InChI=1S/C11H21NO/c1-5-10(4)8-11(6-2,9-12)13-7-3/h10H,5-8H2,1-4H3. The van der Waals surface area contributed by atoms with Gasteiger partial charge in [-0.25, -0.2) is 0 Å². The fourth-order valence-electron chi connectivity index (χ4n) is 1.45. The van der Waals surface area contributed by atoms with Gasteiger partial charge in [-0.2, -0.15) is 5.26 Å². The predicted molar refractivity (Wildman–Crippen MR) is 54.3 cm³/mol. The summed E-state index contributed by atoms with van der Waals surface area (Å²) in [5, 5.41) is 9.08. The van der Waals surface area contributed by atoms with E-state index in [2.05, 4.69) is 19.9 Å². The van der Waals surface area contributed by atoms with E-state index in [1.54, 1.807) is 0 Å². The van der Waals surface area contributed by atoms with Crippen molar-refractivity contribution < 1.29 is 4.74 Å². The van der Waals surface area contributed by atoms with E-state index >= 15 is 0 Å². The predicted octanol–water partition coefficient (Wildman–Crippen LogP) is 3.13. The van der Waals surface area contributed by atoms with Crippen LogP contribution in [0.3, 0.4) is 0 Å². The molecule has 0 amide bonds. The van der Waals surface area contributed by atoms with Crippen molar-refractivity contribution in [1.29, 1.82) is 5.26 Å². The second kappa shape index (κ2) is 5.99. The van der Waals surface area contributed by atoms with Gasteiger partial charge in [-0.15, -0.1) is 0 Å². The molecule has 0 aliphatic rings. The van der Waals surface area contributed by atoms with E-state index < -0.39 is 5.60 Å². The minimum absolute atomic E-state index is 0.538. The lowest BCUT2D eigenvalue weighted by Gasteiger charge is -2.27. The maximum Gasteiger partial charge on any atom is 0.154 e. The average molecular weight is 183 g/mol. The largest absolute Gasteiger partial charge is 0.360 e. The molecule has 2 heteroatoms. The third kappa shape index (κ3) is 3.78. The van der Waals surface area contributed by atoms with E-state index in [4.69, 9.17) is 10.00 Å². The highest BCUT2D eigenvalue weighted by Gasteiger charge is 2.29. The molecule has 0 spiro atoms. The first-order chi connectivity index (χ1) is 6.14. The fourth-order valence-corrected chi connectivity index (χ4v) is 1.45. The van der Waals surface area contributed by atoms with Crippen molar-refractivity contribution in [3.63, 3.8) is 0 Å². The number of ether oxygens (including phenoxy) is 1. The molecule has 0 bridgehead atoms. The molecule has 0 aliphatic heterocycles. The third-order valence-corrected chi connectivity index (χ3v) is 2.57. The molecule has 76 valence electrons. The molecule has 0 aliphatic carbocycles. The van der Waals surface area contributed by atoms with Crippen LogP contribution >= 0.6 is 0 Å². The number of nitrogens with zero attached hydrogens (tertiary/aromatic N) is 1. The van der Waals surface area contributed by atoms with E-state index in [-0.39, 0.29) is 0 Å². The van der Waals surface area contributed by atoms with Crippen LogP contribution in [-0.2, 0) is 4.74 Å². The van der Waals surface area contributed by atoms with E-state index in [0.29, 0.717) is 12.5 Å². The number of rotatable bonds is 6. The van der Waals surface area contributed by atoms with Crippen LogP contribution in [0.1, 0.15) is 47.0 Å². The van der Waals surface area contributed by atoms with Crippen LogP contribution in [0, 0.1) is 17.2 Å². The Balaban J connectivity index is 4.31. The Kier molecular flexibility index (Phi) is 5.73. The molecule has 2 nitrogen and oxygen atoms in total. The molecule has 13 heavy (non-hydrogen) atoms. The minimum atomic E-state index is -0.538. The lowest BCUT2D eigenvalue weighted by molar-refractivity contribution is -0.0139. The molecule has 0 N–H and O–H groups in total. The number of hydrogen-bond acceptors (Lipinski definition) is 2. The van der Waals surface area contributed by atoms with Gasteiger partial charge in [-0.05, 0) is 25.7 Å². The van der Waals surface area contributed by atoms with Crippen LogP contribution < -0.4 is 0 Å². The smallest absolute Gasteiger partial charge is 0.154 e. The summed E-state index contributed by atoms with van der Waals surface area (Å²) in [6, 6.07) is 2.31. The first-order valence-electron chi connectivity index (χ1n) is 5.19. The van der Waals surface area contributed by atoms with Crippen LogP contribution in [0.2, 0.25) is 0 Å². The molecule has 0 rings (SSSR count). The van der Waals surface area contributed by atoms with Crippen LogP contribution in [-0.4, -0.2) is 12.2 Å². The molecule has 0 saturated heterocycles. The second-order valence-corrected chi connectivity index (χ2v) is 3.61. The summed E-state index contributed by atoms with van der Waals surface area (Å²) in [5.41, 5.74) is -0.538. The van der Waals surface area contributed by atoms with E-state index in [1.165, 1.54) is 0 Å². The highest BCUT2D eigenvalue weighted by atomic mass is 16.5. The summed E-state index contributed by atoms with van der Waals surface area (Å²) in [4.78, 5) is 0. The molecular formula is C11H21NO. The molecular weight excluding hydrogens is 162 g/mol. The maximum absolute atomic E-state index is 9.08. The summed E-state index contributed by atoms with van der Waals surface area (Å²) in [6.45, 7) is 8.90. The van der Waals surface area contributed by atoms with Crippen molar-refractivity contribution in [2.75, 3.05) is 6.61 Å². The Morgan fingerprint density at radius 1 is 1.38 bits per heavy atom. The Hall–Kier alpha value is -0.550. The van der Waals surface area contributed by atoms with Gasteiger partial charge in [0.05, 0.1) is 6.07 Å². The Bertz CT molecular complexity index is 173. The Morgan fingerprint density at radius 3 is 2.31 bits per heavy atom. The van der Waals surface area contributed by atoms with Gasteiger partial charge in [0.15, 0.2) is 5.60 Å². The van der Waals surface area contributed by atoms with Crippen molar-refractivity contribution in [2.45, 2.75) is 52.6 Å². The van der Waals surface area contributed by atoms with Crippen LogP contribution in [0.4, 0.5) is 0 Å². The fraction of sp³-hybridized carbons (Fsp3) is 0.909. The van der Waals surface area contributed by atoms with Crippen molar-refractivity contribution >= 4 is 0 Å². The second-order valence-electron chi connectivity index (χ2n) is 3.61. The normalized spacial score (nSPS) is 17.5. The average Bonchev–Trinajstić information content (AvgIpc) is 2.17. The summed E-state index contributed by atoms with van der Waals surface area (Å²) < 4.78 is 5.54. The molecule has 0 fully saturated rings. The molecule has 0 heterocycles. The van der Waals surface area contributed by atoms with Gasteiger partial charge in [0.2, 0.25) is 0 Å². The first kappa shape index (κ1) is 12.4. The lowest BCUT2D eigenvalue weighted by atomic mass is 9.89. The molecule has 0 aromatic rings. The summed E-state index contributed by atoms with van der Waals surface area (Å²) >= 11 is 0. The van der Waals surface area contributed by atoms with Gasteiger partial charge < -0.3 is 4.74 Å². The highest BCUT2D eigenvalue weighted by molar-refractivity contribution is 5.01. The van der Waals surface area contributed by atoms with E-state index in [9.17, 15) is 0 Å². The third-order valence-electron chi connectivity index (χ3n) is 2.57. The van der Waals surface area contributed by atoms with Crippen LogP contribution in [0.25, 0.3) is 0 Å². The summed E-state index contributed by atoms with van der Waals surface area (Å²) in [7, 11) is 0. The van der Waals surface area contributed by atoms with Gasteiger partial charge in [0.1, 0.15) is 0 Å². The lowest BCUT2D eigenvalue weighted by Crippen LogP contribution is -2.32. The topological polar surface area (TPSA) is 33.0 Å². The van der Waals surface area contributed by atoms with E-state index in [0.717, 1.165) is 19.3 Å². The van der Waals surface area contributed by atoms with Crippen molar-refractivity contribution in [3.05, 3.63) is 0 Å². The zero-order valence-corrected chi connectivity index (χ0v) is 9.26. The maximum atomic E-state index is 9.08. The van der Waals surface area contributed by atoms with Gasteiger partial charge in [-0.3, -0.25) is 0 Å². The van der Waals surface area contributed by atoms with Gasteiger partial charge in [-0.1, -0.05) is 27.2 Å². The van der Waals surface area contributed by atoms with Crippen molar-refractivity contribution in [2.24, 2.45) is 5.92 Å². The minimum Gasteiger partial charge on any atom is -0.360 e. The van der Waals surface area contributed by atoms with Crippen LogP contribution in [0.15, 0.2) is 0 Å². The number of hydrogen-bond donors (Lipinski definition) is 0. The first-order valence-corrected chi connectivity index (χ1v) is 5.19. The zero-order valence-electron chi connectivity index (χ0n) is 9.26. The summed E-state index contributed by atoms with van der Waals surface area (Å²) in [6.07, 6.45) is 2.74. The Labute approximate surface area is 81.9 Å². The molecule has 0 aromatic carbocycles. The Morgan fingerprint density at radius 2 is 2.00 bits per heavy atom. The molecule has 2 atom stereocenters. The molecule has 0 aromatic heterocycles. The van der Waals surface area contributed by atoms with Crippen molar-refractivity contribution in [3.8, 4) is 6.07 Å². The molecule has 2 unspecified atom stereocenters. The van der Waals surface area contributed by atoms with Gasteiger partial charge in [0, 0.05) is 6.61 Å². The number of nitriles is 1. The molecule has 0 radical (unpaired) electrons. The molecule has 0 saturated carbocycles. The van der Waals surface area contributed by atoms with Crippen LogP contribution in [0.5, 0.6) is 0 Å².